The molecular formula is C12H18FNO2. The van der Waals surface area contributed by atoms with E-state index in [2.05, 4.69) is 5.32 Å². The van der Waals surface area contributed by atoms with E-state index in [1.807, 2.05) is 7.05 Å². The largest absolute Gasteiger partial charge is 0.496 e. The first kappa shape index (κ1) is 12.9. The molecule has 1 rings (SSSR count). The fourth-order valence-corrected chi connectivity index (χ4v) is 1.56. The van der Waals surface area contributed by atoms with Crippen molar-refractivity contribution in [2.45, 2.75) is 13.0 Å². The van der Waals surface area contributed by atoms with Gasteiger partial charge in [-0.1, -0.05) is 0 Å². The van der Waals surface area contributed by atoms with E-state index in [4.69, 9.17) is 9.47 Å². The summed E-state index contributed by atoms with van der Waals surface area (Å²) in [5.74, 6) is 0.305. The number of nitrogens with one attached hydrogen (secondary N) is 1. The van der Waals surface area contributed by atoms with Gasteiger partial charge < -0.3 is 14.8 Å². The molecule has 0 saturated heterocycles. The molecule has 0 aliphatic heterocycles. The second-order valence-corrected chi connectivity index (χ2v) is 3.54. The van der Waals surface area contributed by atoms with Gasteiger partial charge in [0.15, 0.2) is 0 Å². The zero-order valence-corrected chi connectivity index (χ0v) is 9.97. The van der Waals surface area contributed by atoms with E-state index in [0.717, 1.165) is 12.1 Å². The Morgan fingerprint density at radius 2 is 2.00 bits per heavy atom. The summed E-state index contributed by atoms with van der Waals surface area (Å²) in [5, 5.41) is 2.99. The number of rotatable bonds is 6. The van der Waals surface area contributed by atoms with E-state index in [0.29, 0.717) is 24.3 Å². The molecule has 4 heteroatoms. The van der Waals surface area contributed by atoms with Crippen molar-refractivity contribution < 1.29 is 13.9 Å². The highest BCUT2D eigenvalue weighted by Gasteiger charge is 2.09. The molecule has 1 aromatic carbocycles. The van der Waals surface area contributed by atoms with Gasteiger partial charge in [0.05, 0.1) is 13.7 Å². The Kier molecular flexibility index (Phi) is 5.22. The predicted molar refractivity (Wildman–Crippen MR) is 61.3 cm³/mol. The van der Waals surface area contributed by atoms with E-state index < -0.39 is 0 Å². The van der Waals surface area contributed by atoms with Gasteiger partial charge in [-0.15, -0.1) is 0 Å². The summed E-state index contributed by atoms with van der Waals surface area (Å²) in [6, 6.07) is 3.22. The van der Waals surface area contributed by atoms with Crippen molar-refractivity contribution in [3.63, 3.8) is 0 Å². The lowest BCUT2D eigenvalue weighted by atomic mass is 10.1. The van der Waals surface area contributed by atoms with Crippen molar-refractivity contribution >= 4 is 0 Å². The Morgan fingerprint density at radius 1 is 1.25 bits per heavy atom. The summed E-state index contributed by atoms with van der Waals surface area (Å²) in [4.78, 5) is 0. The lowest BCUT2D eigenvalue weighted by Gasteiger charge is -2.11. The van der Waals surface area contributed by atoms with Crippen LogP contribution >= 0.6 is 0 Å². The number of hydrogen-bond donors (Lipinski definition) is 1. The molecule has 0 spiro atoms. The second-order valence-electron chi connectivity index (χ2n) is 3.54. The molecule has 0 amide bonds. The summed E-state index contributed by atoms with van der Waals surface area (Å²) in [5.41, 5.74) is 1.56. The smallest absolute Gasteiger partial charge is 0.130 e. The van der Waals surface area contributed by atoms with Gasteiger partial charge >= 0.3 is 0 Å². The minimum Gasteiger partial charge on any atom is -0.496 e. The molecule has 0 unspecified atom stereocenters. The van der Waals surface area contributed by atoms with Crippen molar-refractivity contribution in [2.24, 2.45) is 0 Å². The van der Waals surface area contributed by atoms with Gasteiger partial charge in [0, 0.05) is 18.7 Å². The molecule has 90 valence electrons. The molecule has 3 nitrogen and oxygen atoms in total. The van der Waals surface area contributed by atoms with Gasteiger partial charge in [0.2, 0.25) is 0 Å². The SMILES string of the molecule is CNCCc1cc(COC)c(OC)cc1F. The van der Waals surface area contributed by atoms with E-state index in [9.17, 15) is 4.39 Å². The standard InChI is InChI=1S/C12H18FNO2/c1-14-5-4-9-6-10(8-15-2)12(16-3)7-11(9)13/h6-7,14H,4-5,8H2,1-3H3. The molecule has 0 bridgehead atoms. The Labute approximate surface area is 95.6 Å². The number of methoxy groups -OCH3 is 2. The van der Waals surface area contributed by atoms with Crippen LogP contribution in [0.5, 0.6) is 5.75 Å². The summed E-state index contributed by atoms with van der Waals surface area (Å²) in [6.45, 7) is 1.17. The number of hydrogen-bond acceptors (Lipinski definition) is 3. The van der Waals surface area contributed by atoms with Crippen molar-refractivity contribution in [2.75, 3.05) is 27.8 Å². The summed E-state index contributed by atoms with van der Waals surface area (Å²) in [7, 11) is 4.98. The Balaban J connectivity index is 2.96. The Bertz CT molecular complexity index is 342. The Hall–Kier alpha value is -1.13. The molecular weight excluding hydrogens is 209 g/mol. The topological polar surface area (TPSA) is 30.5 Å². The average molecular weight is 227 g/mol. The van der Waals surface area contributed by atoms with Crippen LogP contribution in [0.25, 0.3) is 0 Å². The van der Waals surface area contributed by atoms with Gasteiger partial charge in [0.25, 0.3) is 0 Å². The quantitative estimate of drug-likeness (QED) is 0.803. The van der Waals surface area contributed by atoms with Crippen LogP contribution < -0.4 is 10.1 Å². The van der Waals surface area contributed by atoms with Crippen LogP contribution in [0.3, 0.4) is 0 Å². The van der Waals surface area contributed by atoms with Crippen molar-refractivity contribution in [1.82, 2.24) is 5.32 Å². The maximum absolute atomic E-state index is 13.6. The van der Waals surface area contributed by atoms with Gasteiger partial charge in [0.1, 0.15) is 11.6 Å². The zero-order valence-electron chi connectivity index (χ0n) is 9.97. The van der Waals surface area contributed by atoms with Gasteiger partial charge in [-0.05, 0) is 31.6 Å². The van der Waals surface area contributed by atoms with Gasteiger partial charge in [-0.3, -0.25) is 0 Å². The van der Waals surface area contributed by atoms with Crippen molar-refractivity contribution in [1.29, 1.82) is 0 Å². The molecule has 0 heterocycles. The monoisotopic (exact) mass is 227 g/mol. The lowest BCUT2D eigenvalue weighted by Crippen LogP contribution is -2.11. The van der Waals surface area contributed by atoms with E-state index in [-0.39, 0.29) is 5.82 Å². The number of likely N-dealkylation sites (N-methyl/N-ethyl adjacent to an activating group) is 1. The lowest BCUT2D eigenvalue weighted by molar-refractivity contribution is 0.181. The predicted octanol–water partition coefficient (Wildman–Crippen LogP) is 1.74. The maximum atomic E-state index is 13.6. The summed E-state index contributed by atoms with van der Waals surface area (Å²) < 4.78 is 23.8. The van der Waals surface area contributed by atoms with E-state index in [1.165, 1.54) is 13.2 Å². The molecule has 0 fully saturated rings. The van der Waals surface area contributed by atoms with Crippen LogP contribution in [-0.4, -0.2) is 27.8 Å². The first-order valence-electron chi connectivity index (χ1n) is 5.21. The number of benzene rings is 1. The molecule has 0 saturated carbocycles. The summed E-state index contributed by atoms with van der Waals surface area (Å²) >= 11 is 0. The van der Waals surface area contributed by atoms with Gasteiger partial charge in [-0.25, -0.2) is 4.39 Å². The zero-order chi connectivity index (χ0) is 12.0. The third-order valence-corrected chi connectivity index (χ3v) is 2.39. The fourth-order valence-electron chi connectivity index (χ4n) is 1.56. The second kappa shape index (κ2) is 6.45. The first-order chi connectivity index (χ1) is 7.72. The normalized spacial score (nSPS) is 10.5. The molecule has 1 aromatic rings. The molecule has 0 aliphatic rings. The van der Waals surface area contributed by atoms with Crippen LogP contribution in [0.4, 0.5) is 4.39 Å². The number of halogens is 1. The minimum atomic E-state index is -0.230. The third kappa shape index (κ3) is 3.18. The van der Waals surface area contributed by atoms with Crippen LogP contribution in [0.2, 0.25) is 0 Å². The maximum Gasteiger partial charge on any atom is 0.130 e. The highest BCUT2D eigenvalue weighted by atomic mass is 19.1. The minimum absolute atomic E-state index is 0.230. The Morgan fingerprint density at radius 3 is 2.56 bits per heavy atom. The molecule has 1 N–H and O–H groups in total. The van der Waals surface area contributed by atoms with E-state index in [1.54, 1.807) is 13.2 Å². The molecule has 16 heavy (non-hydrogen) atoms. The van der Waals surface area contributed by atoms with Crippen LogP contribution in [0.1, 0.15) is 11.1 Å². The fraction of sp³-hybridized carbons (Fsp3) is 0.500. The van der Waals surface area contributed by atoms with Crippen LogP contribution in [0, 0.1) is 5.82 Å². The molecule has 0 radical (unpaired) electrons. The third-order valence-electron chi connectivity index (χ3n) is 2.39. The average Bonchev–Trinajstić information content (AvgIpc) is 2.29. The highest BCUT2D eigenvalue weighted by molar-refractivity contribution is 5.38. The van der Waals surface area contributed by atoms with Crippen LogP contribution in [-0.2, 0) is 17.8 Å². The highest BCUT2D eigenvalue weighted by Crippen LogP contribution is 2.23. The molecule has 0 aliphatic carbocycles. The molecule has 0 atom stereocenters. The number of ether oxygens (including phenoxy) is 2. The van der Waals surface area contributed by atoms with Crippen LogP contribution in [0.15, 0.2) is 12.1 Å². The molecule has 0 aromatic heterocycles. The van der Waals surface area contributed by atoms with Crippen molar-refractivity contribution in [3.8, 4) is 5.75 Å². The van der Waals surface area contributed by atoms with Gasteiger partial charge in [-0.2, -0.15) is 0 Å². The van der Waals surface area contributed by atoms with Crippen molar-refractivity contribution in [3.05, 3.63) is 29.1 Å². The first-order valence-corrected chi connectivity index (χ1v) is 5.21. The summed E-state index contributed by atoms with van der Waals surface area (Å²) in [6.07, 6.45) is 0.656. The van der Waals surface area contributed by atoms with E-state index >= 15 is 0 Å².